The molecule has 2 N–H and O–H groups in total. The van der Waals surface area contributed by atoms with Gasteiger partial charge in [-0.3, -0.25) is 9.78 Å². The molecule has 0 aliphatic carbocycles. The number of methoxy groups -OCH3 is 1. The van der Waals surface area contributed by atoms with Crippen molar-refractivity contribution in [2.75, 3.05) is 20.2 Å². The van der Waals surface area contributed by atoms with Crippen molar-refractivity contribution in [1.82, 2.24) is 15.6 Å². The number of pyridine rings is 1. The summed E-state index contributed by atoms with van der Waals surface area (Å²) in [6, 6.07) is 11.8. The maximum Gasteiger partial charge on any atom is 0.225 e. The molecular formula is C18H21N3O2. The summed E-state index contributed by atoms with van der Waals surface area (Å²) in [6.45, 7) is 2.03. The molecular weight excluding hydrogens is 290 g/mol. The van der Waals surface area contributed by atoms with Gasteiger partial charge in [-0.15, -0.1) is 0 Å². The second-order valence-electron chi connectivity index (χ2n) is 5.72. The average Bonchev–Trinajstić information content (AvgIpc) is 3.10. The maximum atomic E-state index is 12.6. The standard InChI is InChI=1S/C18H21N3O2/c1-23-15-4-2-3-14(9-15)16-11-20-12-17(16)18(22)21-10-13-5-7-19-8-6-13/h2-9,16-17,20H,10-12H2,1H3,(H,21,22). The van der Waals surface area contributed by atoms with E-state index in [-0.39, 0.29) is 17.7 Å². The molecule has 2 unspecified atom stereocenters. The fraction of sp³-hybridized carbons (Fsp3) is 0.333. The van der Waals surface area contributed by atoms with Gasteiger partial charge < -0.3 is 15.4 Å². The molecule has 0 saturated carbocycles. The van der Waals surface area contributed by atoms with Crippen molar-refractivity contribution in [1.29, 1.82) is 0 Å². The third kappa shape index (κ3) is 3.68. The monoisotopic (exact) mass is 311 g/mol. The zero-order valence-corrected chi connectivity index (χ0v) is 13.2. The number of hydrogen-bond donors (Lipinski definition) is 2. The molecule has 3 rings (SSSR count). The predicted molar refractivity (Wildman–Crippen MR) is 88.2 cm³/mol. The summed E-state index contributed by atoms with van der Waals surface area (Å²) < 4.78 is 5.29. The number of nitrogens with one attached hydrogen (secondary N) is 2. The molecule has 1 aromatic carbocycles. The van der Waals surface area contributed by atoms with Gasteiger partial charge in [0.05, 0.1) is 13.0 Å². The molecule has 2 heterocycles. The smallest absolute Gasteiger partial charge is 0.225 e. The molecule has 23 heavy (non-hydrogen) atoms. The Morgan fingerprint density at radius 2 is 2.13 bits per heavy atom. The van der Waals surface area contributed by atoms with Gasteiger partial charge >= 0.3 is 0 Å². The largest absolute Gasteiger partial charge is 0.497 e. The predicted octanol–water partition coefficient (Wildman–Crippen LogP) is 1.71. The Hall–Kier alpha value is -2.40. The second kappa shape index (κ2) is 7.24. The van der Waals surface area contributed by atoms with Crippen LogP contribution in [-0.4, -0.2) is 31.1 Å². The molecule has 0 radical (unpaired) electrons. The van der Waals surface area contributed by atoms with Gasteiger partial charge in [-0.05, 0) is 35.4 Å². The number of rotatable bonds is 5. The highest BCUT2D eigenvalue weighted by atomic mass is 16.5. The van der Waals surface area contributed by atoms with Crippen molar-refractivity contribution in [3.63, 3.8) is 0 Å². The second-order valence-corrected chi connectivity index (χ2v) is 5.72. The first-order chi connectivity index (χ1) is 11.3. The summed E-state index contributed by atoms with van der Waals surface area (Å²) in [4.78, 5) is 16.5. The van der Waals surface area contributed by atoms with E-state index in [1.807, 2.05) is 30.3 Å². The number of hydrogen-bond acceptors (Lipinski definition) is 4. The SMILES string of the molecule is COc1cccc(C2CNCC2C(=O)NCc2ccncc2)c1. The van der Waals surface area contributed by atoms with Crippen LogP contribution >= 0.6 is 0 Å². The molecule has 0 spiro atoms. The Labute approximate surface area is 136 Å². The number of carbonyl (C=O) groups is 1. The lowest BCUT2D eigenvalue weighted by Crippen LogP contribution is -2.34. The normalized spacial score (nSPS) is 20.2. The minimum absolute atomic E-state index is 0.0658. The van der Waals surface area contributed by atoms with Gasteiger partial charge in [0.25, 0.3) is 0 Å². The van der Waals surface area contributed by atoms with Crippen LogP contribution in [0.2, 0.25) is 0 Å². The first-order valence-corrected chi connectivity index (χ1v) is 7.79. The quantitative estimate of drug-likeness (QED) is 0.882. The molecule has 1 aliphatic heterocycles. The third-order valence-corrected chi connectivity index (χ3v) is 4.29. The fourth-order valence-corrected chi connectivity index (χ4v) is 3.00. The van der Waals surface area contributed by atoms with Crippen LogP contribution in [0.25, 0.3) is 0 Å². The summed E-state index contributed by atoms with van der Waals surface area (Å²) in [7, 11) is 1.66. The molecule has 0 bridgehead atoms. The summed E-state index contributed by atoms with van der Waals surface area (Å²) >= 11 is 0. The van der Waals surface area contributed by atoms with Crippen LogP contribution < -0.4 is 15.4 Å². The highest BCUT2D eigenvalue weighted by Gasteiger charge is 2.33. The van der Waals surface area contributed by atoms with Gasteiger partial charge in [0.15, 0.2) is 0 Å². The Bertz CT molecular complexity index is 660. The molecule has 1 fully saturated rings. The maximum absolute atomic E-state index is 12.6. The highest BCUT2D eigenvalue weighted by Crippen LogP contribution is 2.30. The van der Waals surface area contributed by atoms with Crippen LogP contribution in [0.1, 0.15) is 17.0 Å². The average molecular weight is 311 g/mol. The third-order valence-electron chi connectivity index (χ3n) is 4.29. The van der Waals surface area contributed by atoms with Gasteiger partial charge in [-0.2, -0.15) is 0 Å². The highest BCUT2D eigenvalue weighted by molar-refractivity contribution is 5.80. The zero-order chi connectivity index (χ0) is 16.1. The molecule has 1 saturated heterocycles. The fourth-order valence-electron chi connectivity index (χ4n) is 3.00. The van der Waals surface area contributed by atoms with Crippen LogP contribution in [0.3, 0.4) is 0 Å². The summed E-state index contributed by atoms with van der Waals surface area (Å²) in [6.07, 6.45) is 3.47. The van der Waals surface area contributed by atoms with Crippen molar-refractivity contribution < 1.29 is 9.53 Å². The van der Waals surface area contributed by atoms with Crippen LogP contribution in [0.15, 0.2) is 48.8 Å². The lowest BCUT2D eigenvalue weighted by Gasteiger charge is -2.19. The van der Waals surface area contributed by atoms with Crippen molar-refractivity contribution in [3.8, 4) is 5.75 Å². The minimum atomic E-state index is -0.0658. The van der Waals surface area contributed by atoms with Crippen molar-refractivity contribution in [2.24, 2.45) is 5.92 Å². The summed E-state index contributed by atoms with van der Waals surface area (Å²) in [5, 5.41) is 6.36. The number of carbonyl (C=O) groups excluding carboxylic acids is 1. The van der Waals surface area contributed by atoms with Gasteiger partial charge in [0.2, 0.25) is 5.91 Å². The van der Waals surface area contributed by atoms with Gasteiger partial charge in [-0.25, -0.2) is 0 Å². The zero-order valence-electron chi connectivity index (χ0n) is 13.2. The van der Waals surface area contributed by atoms with E-state index in [1.54, 1.807) is 19.5 Å². The summed E-state index contributed by atoms with van der Waals surface area (Å²) in [5.41, 5.74) is 2.19. The topological polar surface area (TPSA) is 63.2 Å². The van der Waals surface area contributed by atoms with Crippen molar-refractivity contribution >= 4 is 5.91 Å². The first-order valence-electron chi connectivity index (χ1n) is 7.79. The molecule has 1 aliphatic rings. The van der Waals surface area contributed by atoms with Crippen LogP contribution in [-0.2, 0) is 11.3 Å². The number of nitrogens with zero attached hydrogens (tertiary/aromatic N) is 1. The number of amides is 1. The van der Waals surface area contributed by atoms with Crippen molar-refractivity contribution in [2.45, 2.75) is 12.5 Å². The lowest BCUT2D eigenvalue weighted by atomic mass is 9.88. The van der Waals surface area contributed by atoms with Crippen LogP contribution in [0.4, 0.5) is 0 Å². The molecule has 2 aromatic rings. The van der Waals surface area contributed by atoms with Gasteiger partial charge in [-0.1, -0.05) is 12.1 Å². The minimum Gasteiger partial charge on any atom is -0.497 e. The van der Waals surface area contributed by atoms with Crippen molar-refractivity contribution in [3.05, 3.63) is 59.9 Å². The number of aromatic nitrogens is 1. The van der Waals surface area contributed by atoms with Crippen LogP contribution in [0.5, 0.6) is 5.75 Å². The molecule has 1 amide bonds. The van der Waals surface area contributed by atoms with E-state index in [1.165, 1.54) is 0 Å². The Morgan fingerprint density at radius 3 is 2.91 bits per heavy atom. The van der Waals surface area contributed by atoms with Gasteiger partial charge in [0.1, 0.15) is 5.75 Å². The van der Waals surface area contributed by atoms with Crippen LogP contribution in [0, 0.1) is 5.92 Å². The lowest BCUT2D eigenvalue weighted by molar-refractivity contribution is -0.125. The number of benzene rings is 1. The molecule has 5 nitrogen and oxygen atoms in total. The van der Waals surface area contributed by atoms with E-state index < -0.39 is 0 Å². The summed E-state index contributed by atoms with van der Waals surface area (Å²) in [5.74, 6) is 1.01. The Balaban J connectivity index is 1.67. The molecule has 120 valence electrons. The van der Waals surface area contributed by atoms with E-state index in [4.69, 9.17) is 4.74 Å². The van der Waals surface area contributed by atoms with E-state index in [2.05, 4.69) is 21.7 Å². The first kappa shape index (κ1) is 15.5. The molecule has 1 aromatic heterocycles. The Morgan fingerprint density at radius 1 is 1.30 bits per heavy atom. The van der Waals surface area contributed by atoms with E-state index in [0.717, 1.165) is 23.4 Å². The van der Waals surface area contributed by atoms with Gasteiger partial charge in [0, 0.05) is 37.9 Å². The van der Waals surface area contributed by atoms with E-state index in [9.17, 15) is 4.79 Å². The Kier molecular flexibility index (Phi) is 4.88. The molecule has 2 atom stereocenters. The van der Waals surface area contributed by atoms with E-state index >= 15 is 0 Å². The number of ether oxygens (including phenoxy) is 1. The molecule has 5 heteroatoms. The van der Waals surface area contributed by atoms with E-state index in [0.29, 0.717) is 13.1 Å².